The third-order valence-corrected chi connectivity index (χ3v) is 2.07. The summed E-state index contributed by atoms with van der Waals surface area (Å²) in [7, 11) is -1.05. The SMILES string of the molecule is C[Si](C)(C)/C=C\C=C/C#N. The topological polar surface area (TPSA) is 23.8 Å². The summed E-state index contributed by atoms with van der Waals surface area (Å²) in [5.41, 5.74) is 2.20. The fourth-order valence-corrected chi connectivity index (χ4v) is 1.13. The van der Waals surface area contributed by atoms with Crippen LogP contribution in [-0.4, -0.2) is 8.07 Å². The lowest BCUT2D eigenvalue weighted by Gasteiger charge is -2.06. The minimum Gasteiger partial charge on any atom is -0.193 e. The van der Waals surface area contributed by atoms with Crippen LogP contribution in [0.3, 0.4) is 0 Å². The molecule has 10 heavy (non-hydrogen) atoms. The molecule has 2 heteroatoms. The van der Waals surface area contributed by atoms with Gasteiger partial charge in [-0.15, -0.1) is 0 Å². The maximum absolute atomic E-state index is 8.14. The summed E-state index contributed by atoms with van der Waals surface area (Å²) in [6.45, 7) is 6.76. The van der Waals surface area contributed by atoms with E-state index >= 15 is 0 Å². The average Bonchev–Trinajstić information content (AvgIpc) is 1.78. The molecule has 0 fully saturated rings. The Morgan fingerprint density at radius 1 is 1.20 bits per heavy atom. The van der Waals surface area contributed by atoms with Crippen molar-refractivity contribution in [2.45, 2.75) is 19.6 Å². The van der Waals surface area contributed by atoms with E-state index in [4.69, 9.17) is 5.26 Å². The van der Waals surface area contributed by atoms with Crippen molar-refractivity contribution >= 4 is 8.07 Å². The van der Waals surface area contributed by atoms with Crippen LogP contribution in [0, 0.1) is 11.3 Å². The Kier molecular flexibility index (Phi) is 3.74. The van der Waals surface area contributed by atoms with Crippen molar-refractivity contribution in [2.75, 3.05) is 0 Å². The number of hydrogen-bond acceptors (Lipinski definition) is 1. The molecule has 0 rings (SSSR count). The molecule has 1 nitrogen and oxygen atoms in total. The lowest BCUT2D eigenvalue weighted by molar-refractivity contribution is 1.53. The van der Waals surface area contributed by atoms with Gasteiger partial charge in [0.15, 0.2) is 0 Å². The highest BCUT2D eigenvalue weighted by molar-refractivity contribution is 6.80. The maximum atomic E-state index is 8.14. The van der Waals surface area contributed by atoms with Gasteiger partial charge in [-0.1, -0.05) is 37.5 Å². The van der Waals surface area contributed by atoms with E-state index in [1.807, 2.05) is 12.1 Å². The lowest BCUT2D eigenvalue weighted by Crippen LogP contribution is -2.14. The molecule has 0 aromatic heterocycles. The molecule has 0 spiro atoms. The molecule has 0 aromatic rings. The molecule has 0 amide bonds. The first-order valence-corrected chi connectivity index (χ1v) is 6.88. The largest absolute Gasteiger partial charge is 0.193 e. The second-order valence-electron chi connectivity index (χ2n) is 3.21. The number of rotatable bonds is 2. The molecule has 0 heterocycles. The van der Waals surface area contributed by atoms with Crippen molar-refractivity contribution < 1.29 is 0 Å². The summed E-state index contributed by atoms with van der Waals surface area (Å²) in [5.74, 6) is 0. The van der Waals surface area contributed by atoms with Crippen LogP contribution in [0.1, 0.15) is 0 Å². The Hall–Kier alpha value is -0.813. The fourth-order valence-electron chi connectivity index (χ4n) is 0.443. The van der Waals surface area contributed by atoms with Crippen molar-refractivity contribution in [3.63, 3.8) is 0 Å². The molecule has 0 aliphatic rings. The summed E-state index contributed by atoms with van der Waals surface area (Å²) in [6, 6.07) is 1.94. The lowest BCUT2D eigenvalue weighted by atomic mass is 10.5. The Balaban J connectivity index is 3.81. The van der Waals surface area contributed by atoms with E-state index in [1.165, 1.54) is 6.08 Å². The molecule has 0 aliphatic heterocycles. The Labute approximate surface area is 63.7 Å². The highest BCUT2D eigenvalue weighted by atomic mass is 28.3. The van der Waals surface area contributed by atoms with Crippen LogP contribution in [0.2, 0.25) is 19.6 Å². The molecule has 54 valence electrons. The van der Waals surface area contributed by atoms with Gasteiger partial charge in [0.1, 0.15) is 0 Å². The monoisotopic (exact) mass is 151 g/mol. The van der Waals surface area contributed by atoms with Crippen LogP contribution in [0.5, 0.6) is 0 Å². The van der Waals surface area contributed by atoms with Gasteiger partial charge < -0.3 is 0 Å². The van der Waals surface area contributed by atoms with Crippen LogP contribution < -0.4 is 0 Å². The third kappa shape index (κ3) is 7.19. The van der Waals surface area contributed by atoms with Gasteiger partial charge in [-0.25, -0.2) is 0 Å². The standard InChI is InChI=1S/C8H13NSi/c1-10(2,3)8-6-4-5-7-9/h4-6,8H,1-3H3/b5-4-,8-6-. The van der Waals surface area contributed by atoms with E-state index in [2.05, 4.69) is 25.3 Å². The van der Waals surface area contributed by atoms with Crippen LogP contribution in [0.4, 0.5) is 0 Å². The molecule has 0 unspecified atom stereocenters. The normalized spacial score (nSPS) is 12.6. The first-order chi connectivity index (χ1) is 4.56. The molecule has 0 atom stereocenters. The molecular weight excluding hydrogens is 138 g/mol. The summed E-state index contributed by atoms with van der Waals surface area (Å²) in [5, 5.41) is 8.14. The number of nitriles is 1. The summed E-state index contributed by atoms with van der Waals surface area (Å²) in [6.07, 6.45) is 5.21. The minimum absolute atomic E-state index is 1.05. The van der Waals surface area contributed by atoms with Crippen LogP contribution in [0.25, 0.3) is 0 Å². The zero-order chi connectivity index (χ0) is 8.04. The van der Waals surface area contributed by atoms with Gasteiger partial charge in [0.2, 0.25) is 0 Å². The van der Waals surface area contributed by atoms with E-state index in [0.717, 1.165) is 0 Å². The minimum atomic E-state index is -1.05. The maximum Gasteiger partial charge on any atom is 0.0912 e. The van der Waals surface area contributed by atoms with E-state index < -0.39 is 8.07 Å². The Bertz CT molecular complexity index is 178. The predicted octanol–water partition coefficient (Wildman–Crippen LogP) is 2.50. The van der Waals surface area contributed by atoms with Crippen molar-refractivity contribution in [2.24, 2.45) is 0 Å². The second-order valence-corrected chi connectivity index (χ2v) is 8.28. The fraction of sp³-hybridized carbons (Fsp3) is 0.375. The molecule has 0 N–H and O–H groups in total. The van der Waals surface area contributed by atoms with Crippen molar-refractivity contribution in [3.8, 4) is 6.07 Å². The van der Waals surface area contributed by atoms with E-state index in [1.54, 1.807) is 6.08 Å². The van der Waals surface area contributed by atoms with E-state index in [-0.39, 0.29) is 0 Å². The second kappa shape index (κ2) is 4.07. The Morgan fingerprint density at radius 2 is 1.80 bits per heavy atom. The van der Waals surface area contributed by atoms with Crippen LogP contribution in [-0.2, 0) is 0 Å². The van der Waals surface area contributed by atoms with Crippen molar-refractivity contribution in [3.05, 3.63) is 23.9 Å². The highest BCUT2D eigenvalue weighted by Gasteiger charge is 2.05. The molecule has 0 saturated heterocycles. The molecule has 0 aliphatic carbocycles. The molecule has 0 bridgehead atoms. The number of allylic oxidation sites excluding steroid dienone is 3. The van der Waals surface area contributed by atoms with E-state index in [0.29, 0.717) is 0 Å². The zero-order valence-electron chi connectivity index (χ0n) is 6.76. The van der Waals surface area contributed by atoms with Gasteiger partial charge >= 0.3 is 0 Å². The summed E-state index contributed by atoms with van der Waals surface area (Å²) >= 11 is 0. The van der Waals surface area contributed by atoms with Gasteiger partial charge in [0, 0.05) is 6.08 Å². The first-order valence-electron chi connectivity index (χ1n) is 3.30. The Morgan fingerprint density at radius 3 is 2.20 bits per heavy atom. The quantitative estimate of drug-likeness (QED) is 0.338. The van der Waals surface area contributed by atoms with Crippen LogP contribution in [0.15, 0.2) is 23.9 Å². The van der Waals surface area contributed by atoms with Crippen LogP contribution >= 0.6 is 0 Å². The van der Waals surface area contributed by atoms with Gasteiger partial charge in [0.25, 0.3) is 0 Å². The molecule has 0 saturated carbocycles. The van der Waals surface area contributed by atoms with Gasteiger partial charge in [-0.2, -0.15) is 5.26 Å². The molecule has 0 radical (unpaired) electrons. The molecule has 0 aromatic carbocycles. The van der Waals surface area contributed by atoms with E-state index in [9.17, 15) is 0 Å². The summed E-state index contributed by atoms with van der Waals surface area (Å²) < 4.78 is 0. The summed E-state index contributed by atoms with van der Waals surface area (Å²) in [4.78, 5) is 0. The molecular formula is C8H13NSi. The number of nitrogens with zero attached hydrogens (tertiary/aromatic N) is 1. The predicted molar refractivity (Wildman–Crippen MR) is 47.2 cm³/mol. The van der Waals surface area contributed by atoms with Crippen molar-refractivity contribution in [1.82, 2.24) is 0 Å². The van der Waals surface area contributed by atoms with Gasteiger partial charge in [-0.3, -0.25) is 0 Å². The third-order valence-electron chi connectivity index (χ3n) is 0.878. The van der Waals surface area contributed by atoms with Gasteiger partial charge in [0.05, 0.1) is 14.1 Å². The smallest absolute Gasteiger partial charge is 0.0912 e. The first kappa shape index (κ1) is 9.19. The zero-order valence-corrected chi connectivity index (χ0v) is 7.76. The van der Waals surface area contributed by atoms with Gasteiger partial charge in [-0.05, 0) is 0 Å². The average molecular weight is 151 g/mol. The highest BCUT2D eigenvalue weighted by Crippen LogP contribution is 2.01. The number of hydrogen-bond donors (Lipinski definition) is 0. The van der Waals surface area contributed by atoms with Crippen molar-refractivity contribution in [1.29, 1.82) is 5.26 Å².